The smallest absolute Gasteiger partial charge is 0.176 e. The van der Waals surface area contributed by atoms with Crippen LogP contribution in [0.3, 0.4) is 0 Å². The molecule has 0 heterocycles. The molecule has 0 aromatic heterocycles. The number of carbonyl (C=O) groups excluding carboxylic acids is 1. The van der Waals surface area contributed by atoms with E-state index in [0.29, 0.717) is 11.1 Å². The molecular weight excluding hydrogens is 190 g/mol. The van der Waals surface area contributed by atoms with Gasteiger partial charge in [0.1, 0.15) is 0 Å². The maximum Gasteiger partial charge on any atom is 0.176 e. The normalized spacial score (nSPS) is 11.4. The molecule has 0 amide bonds. The van der Waals surface area contributed by atoms with Crippen molar-refractivity contribution in [2.24, 2.45) is 5.16 Å². The van der Waals surface area contributed by atoms with Crippen molar-refractivity contribution in [1.82, 2.24) is 0 Å². The Morgan fingerprint density at radius 3 is 2.38 bits per heavy atom. The van der Waals surface area contributed by atoms with Gasteiger partial charge in [-0.2, -0.15) is 0 Å². The average Bonchev–Trinajstić information content (AvgIpc) is 2.16. The van der Waals surface area contributed by atoms with Crippen molar-refractivity contribution in [2.45, 2.75) is 6.92 Å². The Labute approximate surface area is 80.6 Å². The van der Waals surface area contributed by atoms with Crippen LogP contribution in [0.2, 0.25) is 0 Å². The summed E-state index contributed by atoms with van der Waals surface area (Å²) < 4.78 is 0. The highest BCUT2D eigenvalue weighted by molar-refractivity contribution is 6.69. The molecule has 68 valence electrons. The van der Waals surface area contributed by atoms with Crippen LogP contribution < -0.4 is 0 Å². The van der Waals surface area contributed by atoms with Crippen LogP contribution >= 0.6 is 11.6 Å². The maximum absolute atomic E-state index is 11.1. The zero-order valence-corrected chi connectivity index (χ0v) is 7.75. The topological polar surface area (TPSA) is 49.7 Å². The lowest BCUT2D eigenvalue weighted by molar-refractivity contribution is 0.101. The number of oxime groups is 1. The largest absolute Gasteiger partial charge is 0.410 e. The molecule has 0 saturated carbocycles. The number of carbonyl (C=O) groups is 1. The maximum atomic E-state index is 11.1. The van der Waals surface area contributed by atoms with Crippen LogP contribution in [0.1, 0.15) is 22.8 Å². The Hall–Kier alpha value is -1.35. The molecule has 1 N–H and O–H groups in total. The first kappa shape index (κ1) is 9.74. The summed E-state index contributed by atoms with van der Waals surface area (Å²) in [5.74, 6) is -0.114. The van der Waals surface area contributed by atoms with Gasteiger partial charge in [-0.25, -0.2) is 0 Å². The molecular formula is C9H8ClNO2. The summed E-state index contributed by atoms with van der Waals surface area (Å²) in [6.45, 7) is 1.43. The third-order valence-electron chi connectivity index (χ3n) is 1.62. The second kappa shape index (κ2) is 4.05. The average molecular weight is 198 g/mol. The molecule has 0 spiro atoms. The lowest BCUT2D eigenvalue weighted by atomic mass is 10.1. The molecule has 1 aromatic carbocycles. The van der Waals surface area contributed by atoms with Gasteiger partial charge in [-0.05, 0) is 6.92 Å². The van der Waals surface area contributed by atoms with Crippen molar-refractivity contribution >= 4 is 22.6 Å². The summed E-state index contributed by atoms with van der Waals surface area (Å²) in [6, 6.07) is 6.70. The molecule has 0 bridgehead atoms. The molecule has 0 radical (unpaired) electrons. The monoisotopic (exact) mass is 197 g/mol. The first-order valence-corrected chi connectivity index (χ1v) is 4.02. The number of halogens is 1. The van der Waals surface area contributed by atoms with E-state index in [1.807, 2.05) is 0 Å². The Kier molecular flexibility index (Phi) is 3.03. The van der Waals surface area contributed by atoms with E-state index in [0.717, 1.165) is 0 Å². The van der Waals surface area contributed by atoms with Crippen LogP contribution in [0.25, 0.3) is 0 Å². The molecule has 1 rings (SSSR count). The highest BCUT2D eigenvalue weighted by Gasteiger charge is 2.09. The molecule has 0 saturated heterocycles. The van der Waals surface area contributed by atoms with Gasteiger partial charge in [0.25, 0.3) is 0 Å². The predicted octanol–water partition coefficient (Wildman–Crippen LogP) is 2.26. The molecule has 0 aliphatic rings. The predicted molar refractivity (Wildman–Crippen MR) is 50.6 cm³/mol. The summed E-state index contributed by atoms with van der Waals surface area (Å²) in [5.41, 5.74) is 0.893. The number of hydrogen-bond donors (Lipinski definition) is 1. The van der Waals surface area contributed by atoms with Crippen molar-refractivity contribution in [3.63, 3.8) is 0 Å². The zero-order valence-electron chi connectivity index (χ0n) is 6.99. The van der Waals surface area contributed by atoms with Gasteiger partial charge in [0.05, 0.1) is 0 Å². The van der Waals surface area contributed by atoms with Crippen LogP contribution in [0.5, 0.6) is 0 Å². The van der Waals surface area contributed by atoms with Crippen molar-refractivity contribution < 1.29 is 10.0 Å². The summed E-state index contributed by atoms with van der Waals surface area (Å²) >= 11 is 5.59. The van der Waals surface area contributed by atoms with Crippen LogP contribution in [0.4, 0.5) is 0 Å². The van der Waals surface area contributed by atoms with Crippen LogP contribution in [-0.4, -0.2) is 16.2 Å². The van der Waals surface area contributed by atoms with E-state index in [2.05, 4.69) is 5.16 Å². The Morgan fingerprint density at radius 2 is 1.92 bits per heavy atom. The first-order valence-electron chi connectivity index (χ1n) is 3.64. The molecule has 0 fully saturated rings. The first-order chi connectivity index (χ1) is 6.16. The van der Waals surface area contributed by atoms with Crippen LogP contribution in [0, 0.1) is 0 Å². The number of nitrogens with zero attached hydrogens (tertiary/aromatic N) is 1. The van der Waals surface area contributed by atoms with Gasteiger partial charge in [-0.3, -0.25) is 4.79 Å². The molecule has 0 unspecified atom stereocenters. The molecule has 4 heteroatoms. The van der Waals surface area contributed by atoms with Gasteiger partial charge < -0.3 is 5.21 Å². The van der Waals surface area contributed by atoms with E-state index in [9.17, 15) is 4.79 Å². The van der Waals surface area contributed by atoms with E-state index in [1.165, 1.54) is 6.92 Å². The Balaban J connectivity index is 3.28. The van der Waals surface area contributed by atoms with Gasteiger partial charge in [0.2, 0.25) is 0 Å². The number of benzene rings is 1. The Morgan fingerprint density at radius 1 is 1.38 bits per heavy atom. The van der Waals surface area contributed by atoms with E-state index in [1.54, 1.807) is 24.3 Å². The van der Waals surface area contributed by atoms with E-state index in [-0.39, 0.29) is 11.0 Å². The highest BCUT2D eigenvalue weighted by atomic mass is 35.5. The minimum Gasteiger partial charge on any atom is -0.410 e. The standard InChI is InChI=1S/C9H8ClNO2/c1-6(12)7-4-2-3-5-8(7)9(10)11-13/h2-5,13H,1H3. The molecule has 1 aromatic rings. The van der Waals surface area contributed by atoms with Crippen molar-refractivity contribution in [3.8, 4) is 0 Å². The van der Waals surface area contributed by atoms with Gasteiger partial charge in [0, 0.05) is 11.1 Å². The molecule has 0 aliphatic carbocycles. The molecule has 0 atom stereocenters. The third-order valence-corrected chi connectivity index (χ3v) is 1.90. The van der Waals surface area contributed by atoms with Gasteiger partial charge in [0.15, 0.2) is 11.0 Å². The van der Waals surface area contributed by atoms with Crippen LogP contribution in [0.15, 0.2) is 29.4 Å². The highest BCUT2D eigenvalue weighted by Crippen LogP contribution is 2.12. The van der Waals surface area contributed by atoms with E-state index in [4.69, 9.17) is 16.8 Å². The second-order valence-electron chi connectivity index (χ2n) is 2.49. The molecule has 3 nitrogen and oxygen atoms in total. The summed E-state index contributed by atoms with van der Waals surface area (Å²) in [5, 5.41) is 11.2. The van der Waals surface area contributed by atoms with Gasteiger partial charge in [-0.1, -0.05) is 41.0 Å². The minimum atomic E-state index is -0.114. The van der Waals surface area contributed by atoms with Crippen molar-refractivity contribution in [2.75, 3.05) is 0 Å². The molecule has 13 heavy (non-hydrogen) atoms. The number of ketones is 1. The minimum absolute atomic E-state index is 0.0780. The summed E-state index contributed by atoms with van der Waals surface area (Å²) in [7, 11) is 0. The summed E-state index contributed by atoms with van der Waals surface area (Å²) in [6.07, 6.45) is 0. The van der Waals surface area contributed by atoms with E-state index < -0.39 is 0 Å². The van der Waals surface area contributed by atoms with E-state index >= 15 is 0 Å². The second-order valence-corrected chi connectivity index (χ2v) is 2.85. The Bertz CT molecular complexity index is 360. The van der Waals surface area contributed by atoms with Crippen molar-refractivity contribution in [1.29, 1.82) is 0 Å². The fourth-order valence-corrected chi connectivity index (χ4v) is 1.19. The summed E-state index contributed by atoms with van der Waals surface area (Å²) in [4.78, 5) is 11.1. The number of Topliss-reactive ketones (excluding diaryl/α,β-unsaturated/α-hetero) is 1. The number of hydrogen-bond acceptors (Lipinski definition) is 3. The van der Waals surface area contributed by atoms with Gasteiger partial charge in [-0.15, -0.1) is 0 Å². The fourth-order valence-electron chi connectivity index (χ4n) is 1.02. The third kappa shape index (κ3) is 2.06. The lowest BCUT2D eigenvalue weighted by Crippen LogP contribution is -2.02. The number of rotatable bonds is 2. The SMILES string of the molecule is CC(=O)c1ccccc1C(Cl)=NO. The van der Waals surface area contributed by atoms with Gasteiger partial charge >= 0.3 is 0 Å². The zero-order chi connectivity index (χ0) is 9.84. The fraction of sp³-hybridized carbons (Fsp3) is 0.111. The molecule has 0 aliphatic heterocycles. The lowest BCUT2D eigenvalue weighted by Gasteiger charge is -2.02. The van der Waals surface area contributed by atoms with Crippen molar-refractivity contribution in [3.05, 3.63) is 35.4 Å². The quantitative estimate of drug-likeness (QED) is 0.342. The van der Waals surface area contributed by atoms with Crippen LogP contribution in [-0.2, 0) is 0 Å².